The highest BCUT2D eigenvalue weighted by molar-refractivity contribution is 6.08. The molecule has 0 saturated carbocycles. The number of aliphatic imine (C=N–C) groups is 1. The number of rotatable bonds is 2. The lowest BCUT2D eigenvalue weighted by atomic mass is 10.1. The van der Waals surface area contributed by atoms with E-state index in [4.69, 9.17) is 4.74 Å². The van der Waals surface area contributed by atoms with Crippen molar-refractivity contribution in [3.8, 4) is 0 Å². The third-order valence-electron chi connectivity index (χ3n) is 2.02. The van der Waals surface area contributed by atoms with Gasteiger partial charge in [-0.15, -0.1) is 0 Å². The first-order chi connectivity index (χ1) is 5.47. The molecular formula is C8H14N2O2. The molecule has 4 heteroatoms. The van der Waals surface area contributed by atoms with Crippen LogP contribution >= 0.6 is 0 Å². The summed E-state index contributed by atoms with van der Waals surface area (Å²) >= 11 is 0. The van der Waals surface area contributed by atoms with Crippen LogP contribution in [0.15, 0.2) is 4.99 Å². The van der Waals surface area contributed by atoms with Crippen LogP contribution in [-0.4, -0.2) is 30.5 Å². The van der Waals surface area contributed by atoms with E-state index in [-0.39, 0.29) is 11.9 Å². The third-order valence-corrected chi connectivity index (χ3v) is 2.02. The van der Waals surface area contributed by atoms with Crippen molar-refractivity contribution in [3.63, 3.8) is 0 Å². The molecule has 0 aliphatic carbocycles. The fourth-order valence-corrected chi connectivity index (χ4v) is 0.908. The van der Waals surface area contributed by atoms with E-state index in [0.717, 1.165) is 0 Å². The minimum Gasteiger partial charge on any atom is -0.371 e. The Labute approximate surface area is 72.0 Å². The van der Waals surface area contributed by atoms with Gasteiger partial charge in [0.25, 0.3) is 0 Å². The summed E-state index contributed by atoms with van der Waals surface area (Å²) in [5.41, 5.74) is -0.500. The van der Waals surface area contributed by atoms with E-state index in [1.54, 1.807) is 14.0 Å². The van der Waals surface area contributed by atoms with Gasteiger partial charge in [0, 0.05) is 7.11 Å². The number of methoxy groups -OCH3 is 1. The van der Waals surface area contributed by atoms with Gasteiger partial charge in [0.1, 0.15) is 17.5 Å². The molecule has 0 aromatic carbocycles. The van der Waals surface area contributed by atoms with Gasteiger partial charge in [-0.05, 0) is 20.8 Å². The molecule has 0 spiro atoms. The molecular weight excluding hydrogens is 156 g/mol. The van der Waals surface area contributed by atoms with E-state index in [9.17, 15) is 4.79 Å². The Morgan fingerprint density at radius 2 is 2.17 bits per heavy atom. The highest BCUT2D eigenvalue weighted by atomic mass is 16.5. The van der Waals surface area contributed by atoms with Crippen LogP contribution in [0.3, 0.4) is 0 Å². The number of hydrogen-bond acceptors (Lipinski definition) is 3. The molecule has 0 saturated heterocycles. The van der Waals surface area contributed by atoms with Crippen molar-refractivity contribution in [1.82, 2.24) is 5.32 Å². The Balaban J connectivity index is 2.79. The zero-order valence-corrected chi connectivity index (χ0v) is 7.84. The number of ether oxygens (including phenoxy) is 1. The maximum atomic E-state index is 11.1. The Morgan fingerprint density at radius 1 is 1.58 bits per heavy atom. The van der Waals surface area contributed by atoms with Crippen molar-refractivity contribution < 1.29 is 9.53 Å². The minimum absolute atomic E-state index is 0.0601. The molecule has 1 atom stereocenters. The zero-order valence-electron chi connectivity index (χ0n) is 7.84. The predicted octanol–water partition coefficient (Wildman–Crippen LogP) is 0.328. The smallest absolute Gasteiger partial charge is 0.249 e. The molecule has 0 bridgehead atoms. The first-order valence-electron chi connectivity index (χ1n) is 3.91. The molecule has 1 amide bonds. The van der Waals surface area contributed by atoms with E-state index in [1.807, 2.05) is 13.8 Å². The second-order valence-corrected chi connectivity index (χ2v) is 3.36. The molecule has 0 aromatic heterocycles. The summed E-state index contributed by atoms with van der Waals surface area (Å²) < 4.78 is 5.17. The summed E-state index contributed by atoms with van der Waals surface area (Å²) in [4.78, 5) is 15.2. The van der Waals surface area contributed by atoms with Crippen LogP contribution in [0.4, 0.5) is 0 Å². The van der Waals surface area contributed by atoms with Crippen LogP contribution in [-0.2, 0) is 9.53 Å². The fraction of sp³-hybridized carbons (Fsp3) is 0.750. The van der Waals surface area contributed by atoms with Gasteiger partial charge in [0.2, 0.25) is 5.91 Å². The van der Waals surface area contributed by atoms with Gasteiger partial charge in [0.05, 0.1) is 0 Å². The van der Waals surface area contributed by atoms with Crippen molar-refractivity contribution in [2.24, 2.45) is 4.99 Å². The summed E-state index contributed by atoms with van der Waals surface area (Å²) in [6.07, 6.45) is 0. The van der Waals surface area contributed by atoms with Crippen LogP contribution in [0.25, 0.3) is 0 Å². The van der Waals surface area contributed by atoms with E-state index in [2.05, 4.69) is 10.3 Å². The first kappa shape index (κ1) is 9.19. The predicted molar refractivity (Wildman–Crippen MR) is 46.1 cm³/mol. The molecule has 12 heavy (non-hydrogen) atoms. The molecule has 1 N–H and O–H groups in total. The number of hydrogen-bond donors (Lipinski definition) is 1. The van der Waals surface area contributed by atoms with E-state index in [0.29, 0.717) is 5.84 Å². The van der Waals surface area contributed by atoms with Crippen molar-refractivity contribution in [1.29, 1.82) is 0 Å². The third kappa shape index (κ3) is 1.48. The average molecular weight is 170 g/mol. The topological polar surface area (TPSA) is 50.7 Å². The van der Waals surface area contributed by atoms with Crippen molar-refractivity contribution >= 4 is 11.7 Å². The molecule has 0 fully saturated rings. The van der Waals surface area contributed by atoms with Gasteiger partial charge in [-0.3, -0.25) is 9.79 Å². The van der Waals surface area contributed by atoms with Gasteiger partial charge in [-0.25, -0.2) is 0 Å². The maximum Gasteiger partial charge on any atom is 0.249 e. The van der Waals surface area contributed by atoms with Crippen LogP contribution in [0.2, 0.25) is 0 Å². The first-order valence-corrected chi connectivity index (χ1v) is 3.91. The molecule has 1 unspecified atom stereocenters. The van der Waals surface area contributed by atoms with Gasteiger partial charge >= 0.3 is 0 Å². The van der Waals surface area contributed by atoms with Crippen LogP contribution in [0.5, 0.6) is 0 Å². The molecule has 1 rings (SSSR count). The lowest BCUT2D eigenvalue weighted by Gasteiger charge is -2.22. The number of nitrogens with one attached hydrogen (secondary N) is 1. The summed E-state index contributed by atoms with van der Waals surface area (Å²) in [6, 6.07) is -0.283. The van der Waals surface area contributed by atoms with Crippen molar-refractivity contribution in [2.75, 3.05) is 7.11 Å². The number of carbonyl (C=O) groups excluding carboxylic acids is 1. The number of amidine groups is 1. The Bertz CT molecular complexity index is 233. The van der Waals surface area contributed by atoms with Gasteiger partial charge in [0.15, 0.2) is 0 Å². The quantitative estimate of drug-likeness (QED) is 0.649. The SMILES string of the molecule is COC(C)(C)C1=NC(C)C(=O)N1. The molecule has 1 aliphatic rings. The lowest BCUT2D eigenvalue weighted by Crippen LogP contribution is -2.43. The molecule has 1 heterocycles. The number of amides is 1. The summed E-state index contributed by atoms with van der Waals surface area (Å²) in [7, 11) is 1.59. The van der Waals surface area contributed by atoms with Crippen molar-refractivity contribution in [3.05, 3.63) is 0 Å². The van der Waals surface area contributed by atoms with E-state index in [1.165, 1.54) is 0 Å². The summed E-state index contributed by atoms with van der Waals surface area (Å²) in [6.45, 7) is 5.49. The number of nitrogens with zero attached hydrogens (tertiary/aromatic N) is 1. The molecule has 4 nitrogen and oxygen atoms in total. The Morgan fingerprint density at radius 3 is 2.50 bits per heavy atom. The fourth-order valence-electron chi connectivity index (χ4n) is 0.908. The van der Waals surface area contributed by atoms with Gasteiger partial charge in [-0.2, -0.15) is 0 Å². The number of carbonyl (C=O) groups is 1. The Hall–Kier alpha value is -0.900. The second-order valence-electron chi connectivity index (χ2n) is 3.36. The Kier molecular flexibility index (Phi) is 2.19. The van der Waals surface area contributed by atoms with Crippen LogP contribution in [0.1, 0.15) is 20.8 Å². The van der Waals surface area contributed by atoms with Crippen LogP contribution in [0, 0.1) is 0 Å². The van der Waals surface area contributed by atoms with Crippen molar-refractivity contribution in [2.45, 2.75) is 32.4 Å². The van der Waals surface area contributed by atoms with E-state index < -0.39 is 5.60 Å². The largest absolute Gasteiger partial charge is 0.371 e. The zero-order chi connectivity index (χ0) is 9.35. The lowest BCUT2D eigenvalue weighted by molar-refractivity contribution is -0.119. The molecule has 68 valence electrons. The van der Waals surface area contributed by atoms with Gasteiger partial charge < -0.3 is 10.1 Å². The monoisotopic (exact) mass is 170 g/mol. The van der Waals surface area contributed by atoms with E-state index >= 15 is 0 Å². The normalized spacial score (nSPS) is 23.8. The summed E-state index contributed by atoms with van der Waals surface area (Å²) in [5.74, 6) is 0.553. The minimum atomic E-state index is -0.500. The second kappa shape index (κ2) is 2.86. The maximum absolute atomic E-state index is 11.1. The highest BCUT2D eigenvalue weighted by Crippen LogP contribution is 2.13. The molecule has 0 radical (unpaired) electrons. The summed E-state index contributed by atoms with van der Waals surface area (Å²) in [5, 5.41) is 2.68. The molecule has 0 aromatic rings. The van der Waals surface area contributed by atoms with Crippen LogP contribution < -0.4 is 5.32 Å². The average Bonchev–Trinajstić information content (AvgIpc) is 2.33. The van der Waals surface area contributed by atoms with Gasteiger partial charge in [-0.1, -0.05) is 0 Å². The molecule has 1 aliphatic heterocycles. The standard InChI is InChI=1S/C8H14N2O2/c1-5-6(11)10-7(9-5)8(2,3)12-4/h5H,1-4H3,(H,9,10,11). The highest BCUT2D eigenvalue weighted by Gasteiger charge is 2.32.